The van der Waals surface area contributed by atoms with Crippen molar-refractivity contribution < 1.29 is 14.3 Å². The number of rotatable bonds is 4. The summed E-state index contributed by atoms with van der Waals surface area (Å²) in [4.78, 5) is 37.5. The largest absolute Gasteiger partial charge is 0.465 e. The molecule has 3 rings (SSSR count). The molecular formula is C21H17NO4. The quantitative estimate of drug-likeness (QED) is 0.537. The van der Waals surface area contributed by atoms with E-state index >= 15 is 0 Å². The maximum atomic E-state index is 12.9. The highest BCUT2D eigenvalue weighted by atomic mass is 16.5. The number of hydrogen-bond donors (Lipinski definition) is 0. The number of ether oxygens (including phenoxy) is 1. The van der Waals surface area contributed by atoms with Crippen molar-refractivity contribution in [2.45, 2.75) is 6.92 Å². The second kappa shape index (κ2) is 7.19. The fourth-order valence-corrected chi connectivity index (χ4v) is 2.64. The molecule has 0 unspecified atom stereocenters. The molecule has 0 spiro atoms. The smallest absolute Gasteiger partial charge is 0.338 e. The Bertz CT molecular complexity index is 1020. The lowest BCUT2D eigenvalue weighted by molar-refractivity contribution is 0.0597. The minimum atomic E-state index is -0.725. The van der Waals surface area contributed by atoms with E-state index < -0.39 is 11.5 Å². The molecule has 26 heavy (non-hydrogen) atoms. The molecule has 1 heterocycles. The number of aromatic nitrogens is 1. The van der Waals surface area contributed by atoms with Gasteiger partial charge in [-0.25, -0.2) is 4.79 Å². The summed E-state index contributed by atoms with van der Waals surface area (Å²) in [6.45, 7) is 1.94. The number of hydrogen-bond acceptors (Lipinski definition) is 4. The summed E-state index contributed by atoms with van der Waals surface area (Å²) in [7, 11) is 1.21. The molecule has 0 amide bonds. The number of ketones is 1. The average Bonchev–Trinajstić information content (AvgIpc) is 2.68. The number of pyridine rings is 1. The Labute approximate surface area is 150 Å². The van der Waals surface area contributed by atoms with Gasteiger partial charge < -0.3 is 4.74 Å². The van der Waals surface area contributed by atoms with Crippen LogP contribution in [0.25, 0.3) is 5.69 Å². The molecule has 0 atom stereocenters. The van der Waals surface area contributed by atoms with E-state index in [0.717, 1.165) is 11.6 Å². The number of nitrogens with zero attached hydrogens (tertiary/aromatic N) is 1. The van der Waals surface area contributed by atoms with Gasteiger partial charge in [0.2, 0.25) is 0 Å². The first-order chi connectivity index (χ1) is 12.5. The highest BCUT2D eigenvalue weighted by molar-refractivity contribution is 6.14. The summed E-state index contributed by atoms with van der Waals surface area (Å²) in [5.74, 6) is -1.08. The van der Waals surface area contributed by atoms with Gasteiger partial charge in [-0.2, -0.15) is 0 Å². The second-order valence-electron chi connectivity index (χ2n) is 5.83. The molecule has 5 heteroatoms. The number of esters is 1. The van der Waals surface area contributed by atoms with E-state index in [-0.39, 0.29) is 16.9 Å². The summed E-state index contributed by atoms with van der Waals surface area (Å²) in [5, 5.41) is 0. The minimum Gasteiger partial charge on any atom is -0.465 e. The van der Waals surface area contributed by atoms with Crippen molar-refractivity contribution in [2.75, 3.05) is 7.11 Å². The van der Waals surface area contributed by atoms with Crippen LogP contribution in [0.4, 0.5) is 0 Å². The van der Waals surface area contributed by atoms with Gasteiger partial charge >= 0.3 is 5.97 Å². The normalized spacial score (nSPS) is 10.4. The second-order valence-corrected chi connectivity index (χ2v) is 5.83. The summed E-state index contributed by atoms with van der Waals surface area (Å²) < 4.78 is 6.09. The molecule has 3 aromatic rings. The van der Waals surface area contributed by atoms with Gasteiger partial charge in [-0.3, -0.25) is 14.2 Å². The van der Waals surface area contributed by atoms with Gasteiger partial charge in [0.05, 0.1) is 18.2 Å². The fraction of sp³-hybridized carbons (Fsp3) is 0.0952. The number of benzene rings is 2. The predicted molar refractivity (Wildman–Crippen MR) is 98.0 cm³/mol. The van der Waals surface area contributed by atoms with Gasteiger partial charge in [0.15, 0.2) is 5.78 Å². The molecule has 130 valence electrons. The van der Waals surface area contributed by atoms with Gasteiger partial charge in [0.1, 0.15) is 0 Å². The van der Waals surface area contributed by atoms with Crippen molar-refractivity contribution in [3.05, 3.63) is 99.5 Å². The van der Waals surface area contributed by atoms with E-state index in [1.54, 1.807) is 42.5 Å². The molecule has 0 bridgehead atoms. The summed E-state index contributed by atoms with van der Waals surface area (Å²) in [6, 6.07) is 17.0. The Hall–Kier alpha value is -3.47. The van der Waals surface area contributed by atoms with E-state index in [4.69, 9.17) is 4.74 Å². The SMILES string of the molecule is COC(=O)c1cc(=O)n(-c2ccc(C)cc2)cc1C(=O)c1ccccc1. The van der Waals surface area contributed by atoms with Gasteiger partial charge in [-0.1, -0.05) is 48.0 Å². The summed E-state index contributed by atoms with van der Waals surface area (Å²) >= 11 is 0. The molecule has 0 aliphatic rings. The van der Waals surface area contributed by atoms with Crippen molar-refractivity contribution in [2.24, 2.45) is 0 Å². The number of carbonyl (C=O) groups is 2. The lowest BCUT2D eigenvalue weighted by Gasteiger charge is -2.12. The fourth-order valence-electron chi connectivity index (χ4n) is 2.64. The highest BCUT2D eigenvalue weighted by Crippen LogP contribution is 2.16. The van der Waals surface area contributed by atoms with E-state index in [1.165, 1.54) is 17.9 Å². The Morgan fingerprint density at radius 3 is 2.19 bits per heavy atom. The third-order valence-corrected chi connectivity index (χ3v) is 4.05. The molecule has 0 aliphatic carbocycles. The van der Waals surface area contributed by atoms with E-state index in [0.29, 0.717) is 11.3 Å². The third kappa shape index (κ3) is 3.32. The molecule has 0 aliphatic heterocycles. The first-order valence-corrected chi connectivity index (χ1v) is 8.03. The predicted octanol–water partition coefficient (Wildman–Crippen LogP) is 3.16. The zero-order valence-corrected chi connectivity index (χ0v) is 14.4. The Balaban J connectivity index is 2.21. The van der Waals surface area contributed by atoms with Crippen molar-refractivity contribution in [1.82, 2.24) is 4.57 Å². The maximum Gasteiger partial charge on any atom is 0.338 e. The van der Waals surface area contributed by atoms with Crippen LogP contribution >= 0.6 is 0 Å². The molecule has 0 fully saturated rings. The van der Waals surface area contributed by atoms with Crippen LogP contribution in [-0.4, -0.2) is 23.4 Å². The van der Waals surface area contributed by atoms with E-state index in [1.807, 2.05) is 19.1 Å². The first kappa shape index (κ1) is 17.4. The zero-order valence-electron chi connectivity index (χ0n) is 14.4. The molecular weight excluding hydrogens is 330 g/mol. The van der Waals surface area contributed by atoms with Crippen LogP contribution in [0.3, 0.4) is 0 Å². The third-order valence-electron chi connectivity index (χ3n) is 4.05. The zero-order chi connectivity index (χ0) is 18.7. The molecule has 1 aromatic heterocycles. The molecule has 0 saturated heterocycles. The van der Waals surface area contributed by atoms with Crippen LogP contribution in [0, 0.1) is 6.92 Å². The van der Waals surface area contributed by atoms with Gasteiger partial charge in [-0.05, 0) is 19.1 Å². The number of aryl methyl sites for hydroxylation is 1. The van der Waals surface area contributed by atoms with Crippen LogP contribution < -0.4 is 5.56 Å². The lowest BCUT2D eigenvalue weighted by Crippen LogP contribution is -2.23. The topological polar surface area (TPSA) is 65.4 Å². The van der Waals surface area contributed by atoms with Crippen molar-refractivity contribution in [3.63, 3.8) is 0 Å². The van der Waals surface area contributed by atoms with Crippen LogP contribution in [0.1, 0.15) is 31.8 Å². The van der Waals surface area contributed by atoms with Crippen LogP contribution in [-0.2, 0) is 4.74 Å². The summed E-state index contributed by atoms with van der Waals surface area (Å²) in [5.41, 5.74) is 1.73. The van der Waals surface area contributed by atoms with Gasteiger partial charge in [-0.15, -0.1) is 0 Å². The first-order valence-electron chi connectivity index (χ1n) is 8.03. The maximum absolute atomic E-state index is 12.9. The Morgan fingerprint density at radius 2 is 1.58 bits per heavy atom. The lowest BCUT2D eigenvalue weighted by atomic mass is 10.00. The van der Waals surface area contributed by atoms with Crippen LogP contribution in [0.5, 0.6) is 0 Å². The Kier molecular flexibility index (Phi) is 4.80. The van der Waals surface area contributed by atoms with E-state index in [2.05, 4.69) is 0 Å². The highest BCUT2D eigenvalue weighted by Gasteiger charge is 2.21. The summed E-state index contributed by atoms with van der Waals surface area (Å²) in [6.07, 6.45) is 1.40. The van der Waals surface area contributed by atoms with Gasteiger partial charge in [0.25, 0.3) is 5.56 Å². The monoisotopic (exact) mass is 347 g/mol. The van der Waals surface area contributed by atoms with E-state index in [9.17, 15) is 14.4 Å². The van der Waals surface area contributed by atoms with Crippen LogP contribution in [0.15, 0.2) is 71.7 Å². The van der Waals surface area contributed by atoms with Crippen molar-refractivity contribution in [1.29, 1.82) is 0 Å². The minimum absolute atomic E-state index is 0.0466. The number of methoxy groups -OCH3 is 1. The Morgan fingerprint density at radius 1 is 0.923 bits per heavy atom. The van der Waals surface area contributed by atoms with Gasteiger partial charge in [0, 0.05) is 23.5 Å². The molecule has 5 nitrogen and oxygen atoms in total. The van der Waals surface area contributed by atoms with Crippen molar-refractivity contribution in [3.8, 4) is 5.69 Å². The standard InChI is InChI=1S/C21H17NO4/c1-14-8-10-16(11-9-14)22-13-18(17(12-19(22)23)21(25)26-2)20(24)15-6-4-3-5-7-15/h3-13H,1-2H3. The molecule has 0 radical (unpaired) electrons. The number of carbonyl (C=O) groups excluding carboxylic acids is 2. The van der Waals surface area contributed by atoms with Crippen molar-refractivity contribution >= 4 is 11.8 Å². The molecule has 0 saturated carbocycles. The molecule has 0 N–H and O–H groups in total. The van der Waals surface area contributed by atoms with Crippen LogP contribution in [0.2, 0.25) is 0 Å². The average molecular weight is 347 g/mol. The molecule has 2 aromatic carbocycles.